The molecule has 34 heavy (non-hydrogen) atoms. The van der Waals surface area contributed by atoms with Crippen molar-refractivity contribution in [2.24, 2.45) is 5.73 Å². The Hall–Kier alpha value is -2.12. The number of amides is 1. The number of aliphatic hydroxyl groups is 1. The van der Waals surface area contributed by atoms with E-state index in [0.717, 1.165) is 24.3 Å². The molecule has 0 aliphatic heterocycles. The zero-order valence-electron chi connectivity index (χ0n) is 21.2. The summed E-state index contributed by atoms with van der Waals surface area (Å²) in [6.45, 7) is 2.77. The number of hydrazine groups is 1. The largest absolute Gasteiger partial charge is 0.508 e. The van der Waals surface area contributed by atoms with E-state index in [-0.39, 0.29) is 11.3 Å². The molecule has 0 aliphatic carbocycles. The molecule has 1 rings (SSSR count). The van der Waals surface area contributed by atoms with Crippen molar-refractivity contribution < 1.29 is 15.0 Å². The highest BCUT2D eigenvalue weighted by molar-refractivity contribution is 5.97. The molecule has 7 heteroatoms. The number of unbranched alkanes of at least 4 members (excludes halogenated alkanes) is 15. The quantitative estimate of drug-likeness (QED) is 0.0500. The zero-order chi connectivity index (χ0) is 25.0. The highest BCUT2D eigenvalue weighted by Gasteiger charge is 2.25. The predicted octanol–water partition coefficient (Wildman–Crippen LogP) is 5.85. The Labute approximate surface area is 206 Å². The Bertz CT molecular complexity index is 666. The third-order valence-electron chi connectivity index (χ3n) is 6.17. The van der Waals surface area contributed by atoms with Gasteiger partial charge in [0.05, 0.1) is 0 Å². The fourth-order valence-corrected chi connectivity index (χ4v) is 4.02. The fraction of sp³-hybridized carbons (Fsp3) is 0.704. The molecule has 0 saturated heterocycles. The van der Waals surface area contributed by atoms with Gasteiger partial charge >= 0.3 is 0 Å². The van der Waals surface area contributed by atoms with Crippen LogP contribution in [-0.4, -0.2) is 39.7 Å². The minimum Gasteiger partial charge on any atom is -0.508 e. The van der Waals surface area contributed by atoms with Crippen LogP contribution in [0.2, 0.25) is 0 Å². The number of phenols is 1. The van der Waals surface area contributed by atoms with Crippen molar-refractivity contribution >= 4 is 11.7 Å². The Morgan fingerprint density at radius 2 is 1.26 bits per heavy atom. The highest BCUT2D eigenvalue weighted by Crippen LogP contribution is 2.14. The first kappa shape index (κ1) is 29.9. The summed E-state index contributed by atoms with van der Waals surface area (Å²) in [7, 11) is 0. The first-order chi connectivity index (χ1) is 16.5. The van der Waals surface area contributed by atoms with Crippen molar-refractivity contribution in [2.75, 3.05) is 6.54 Å². The fourth-order valence-electron chi connectivity index (χ4n) is 4.02. The van der Waals surface area contributed by atoms with Crippen LogP contribution in [0.15, 0.2) is 24.3 Å². The third kappa shape index (κ3) is 13.6. The van der Waals surface area contributed by atoms with Gasteiger partial charge in [0.25, 0.3) is 5.91 Å². The van der Waals surface area contributed by atoms with Crippen LogP contribution in [0.3, 0.4) is 0 Å². The normalized spacial score (nSPS) is 11.9. The molecule has 0 aromatic heterocycles. The molecule has 0 radical (unpaired) electrons. The molecule has 0 bridgehead atoms. The van der Waals surface area contributed by atoms with Gasteiger partial charge in [0, 0.05) is 12.1 Å². The summed E-state index contributed by atoms with van der Waals surface area (Å²) in [5, 5.41) is 28.0. The Morgan fingerprint density at radius 3 is 1.68 bits per heavy atom. The van der Waals surface area contributed by atoms with Crippen LogP contribution in [0.25, 0.3) is 0 Å². The Morgan fingerprint density at radius 1 is 0.853 bits per heavy atom. The number of rotatable bonds is 21. The molecule has 6 N–H and O–H groups in total. The number of hydrogen-bond acceptors (Lipinski definition) is 5. The van der Waals surface area contributed by atoms with Gasteiger partial charge in [-0.1, -0.05) is 103 Å². The minimum atomic E-state index is -1.54. The lowest BCUT2D eigenvalue weighted by atomic mass is 10.0. The van der Waals surface area contributed by atoms with Gasteiger partial charge in [0.2, 0.25) is 6.23 Å². The van der Waals surface area contributed by atoms with Gasteiger partial charge in [-0.3, -0.25) is 10.2 Å². The van der Waals surface area contributed by atoms with E-state index in [1.165, 1.54) is 108 Å². The number of aromatic hydroxyl groups is 1. The Balaban J connectivity index is 2.09. The number of nitrogens with one attached hydrogen (secondary N) is 2. The van der Waals surface area contributed by atoms with E-state index in [9.17, 15) is 15.0 Å². The summed E-state index contributed by atoms with van der Waals surface area (Å²) in [6, 6.07) is 5.74. The number of hydrogen-bond donors (Lipinski definition) is 5. The second-order valence-corrected chi connectivity index (χ2v) is 9.26. The molecular weight excluding hydrogens is 428 g/mol. The van der Waals surface area contributed by atoms with Crippen molar-refractivity contribution in [2.45, 2.75) is 116 Å². The molecule has 194 valence electrons. The Kier molecular flexibility index (Phi) is 16.9. The van der Waals surface area contributed by atoms with Crippen LogP contribution < -0.4 is 11.2 Å². The second kappa shape index (κ2) is 19.2. The SMILES string of the molecule is CCCCCCCCCCCCCCCCCCNN(C(=O)c1ccc(O)cc1)C(O)C(=N)N. The molecule has 1 aromatic rings. The van der Waals surface area contributed by atoms with Crippen LogP contribution in [0, 0.1) is 5.41 Å². The maximum Gasteiger partial charge on any atom is 0.270 e. The average molecular weight is 477 g/mol. The first-order valence-electron chi connectivity index (χ1n) is 13.4. The average Bonchev–Trinajstić information content (AvgIpc) is 2.83. The molecule has 1 amide bonds. The molecule has 0 saturated carbocycles. The molecule has 7 nitrogen and oxygen atoms in total. The standard InChI is InChI=1S/C27H48N4O3/c1-2-3-4-5-6-7-8-9-10-11-12-13-14-15-16-17-22-30-31(27(34)25(28)29)26(33)23-18-20-24(32)21-19-23/h18-21,27,30,32,34H,2-17,22H2,1H3,(H3,28,29). The van der Waals surface area contributed by atoms with Crippen LogP contribution in [0.1, 0.15) is 120 Å². The second-order valence-electron chi connectivity index (χ2n) is 9.26. The lowest BCUT2D eigenvalue weighted by Crippen LogP contribution is -2.54. The lowest BCUT2D eigenvalue weighted by molar-refractivity contribution is 0.0143. The van der Waals surface area contributed by atoms with Gasteiger partial charge in [-0.25, -0.2) is 10.4 Å². The van der Waals surface area contributed by atoms with Crippen LogP contribution in [0.5, 0.6) is 5.75 Å². The van der Waals surface area contributed by atoms with E-state index in [4.69, 9.17) is 11.1 Å². The smallest absolute Gasteiger partial charge is 0.270 e. The van der Waals surface area contributed by atoms with Gasteiger partial charge in [-0.05, 0) is 30.7 Å². The summed E-state index contributed by atoms with van der Waals surface area (Å²) in [5.74, 6) is -0.956. The molecule has 0 fully saturated rings. The van der Waals surface area contributed by atoms with Crippen molar-refractivity contribution in [3.05, 3.63) is 29.8 Å². The molecule has 0 heterocycles. The molecule has 1 aromatic carbocycles. The van der Waals surface area contributed by atoms with E-state index in [0.29, 0.717) is 6.54 Å². The number of benzene rings is 1. The zero-order valence-corrected chi connectivity index (χ0v) is 21.2. The summed E-state index contributed by atoms with van der Waals surface area (Å²) in [4.78, 5) is 12.7. The van der Waals surface area contributed by atoms with Gasteiger partial charge in [0.1, 0.15) is 11.6 Å². The van der Waals surface area contributed by atoms with Crippen molar-refractivity contribution in [1.82, 2.24) is 10.4 Å². The van der Waals surface area contributed by atoms with Gasteiger partial charge in [-0.2, -0.15) is 0 Å². The summed E-state index contributed by atoms with van der Waals surface area (Å²) in [6.07, 6.45) is 19.2. The summed E-state index contributed by atoms with van der Waals surface area (Å²) >= 11 is 0. The maximum absolute atomic E-state index is 12.7. The number of nitrogens with zero attached hydrogens (tertiary/aromatic N) is 1. The van der Waals surface area contributed by atoms with Crippen molar-refractivity contribution in [1.29, 1.82) is 5.41 Å². The van der Waals surface area contributed by atoms with E-state index in [2.05, 4.69) is 12.3 Å². The van der Waals surface area contributed by atoms with Gasteiger partial charge < -0.3 is 15.9 Å². The van der Waals surface area contributed by atoms with Crippen molar-refractivity contribution in [3.63, 3.8) is 0 Å². The van der Waals surface area contributed by atoms with Crippen molar-refractivity contribution in [3.8, 4) is 5.75 Å². The monoisotopic (exact) mass is 476 g/mol. The maximum atomic E-state index is 12.7. The molecule has 0 aliphatic rings. The topological polar surface area (TPSA) is 123 Å². The highest BCUT2D eigenvalue weighted by atomic mass is 16.3. The molecule has 1 atom stereocenters. The van der Waals surface area contributed by atoms with Gasteiger partial charge in [-0.15, -0.1) is 0 Å². The third-order valence-corrected chi connectivity index (χ3v) is 6.17. The number of phenolic OH excluding ortho intramolecular Hbond substituents is 1. The molecule has 1 unspecified atom stereocenters. The van der Waals surface area contributed by atoms with Gasteiger partial charge in [0.15, 0.2) is 0 Å². The molecular formula is C27H48N4O3. The van der Waals surface area contributed by atoms with Crippen LogP contribution >= 0.6 is 0 Å². The number of amidine groups is 1. The predicted molar refractivity (Wildman–Crippen MR) is 140 cm³/mol. The van der Waals surface area contributed by atoms with E-state index in [1.807, 2.05) is 0 Å². The number of nitrogens with two attached hydrogens (primary N) is 1. The number of carbonyl (C=O) groups is 1. The minimum absolute atomic E-state index is 0.0522. The molecule has 0 spiro atoms. The number of carbonyl (C=O) groups excluding carboxylic acids is 1. The van der Waals surface area contributed by atoms with Crippen LogP contribution in [0.4, 0.5) is 0 Å². The number of aliphatic hydroxyl groups excluding tert-OH is 1. The lowest BCUT2D eigenvalue weighted by Gasteiger charge is -2.27. The summed E-state index contributed by atoms with van der Waals surface area (Å²) in [5.41, 5.74) is 8.61. The van der Waals surface area contributed by atoms with E-state index < -0.39 is 18.0 Å². The van der Waals surface area contributed by atoms with E-state index >= 15 is 0 Å². The van der Waals surface area contributed by atoms with E-state index in [1.54, 1.807) is 0 Å². The van der Waals surface area contributed by atoms with Crippen LogP contribution in [-0.2, 0) is 0 Å². The first-order valence-corrected chi connectivity index (χ1v) is 13.4. The summed E-state index contributed by atoms with van der Waals surface area (Å²) < 4.78 is 0.